The minimum Gasteiger partial charge on any atom is -0.478 e. The summed E-state index contributed by atoms with van der Waals surface area (Å²) in [6.07, 6.45) is 6.19. The normalized spacial score (nSPS) is 15.9. The Labute approximate surface area is 202 Å². The summed E-state index contributed by atoms with van der Waals surface area (Å²) in [5, 5.41) is 9.88. The predicted octanol–water partition coefficient (Wildman–Crippen LogP) is 6.77. The zero-order valence-electron chi connectivity index (χ0n) is 19.8. The molecule has 1 fully saturated rings. The maximum atomic E-state index is 13.7. The lowest BCUT2D eigenvalue weighted by Crippen LogP contribution is -2.47. The fourth-order valence-corrected chi connectivity index (χ4v) is 5.39. The van der Waals surface area contributed by atoms with E-state index in [1.165, 1.54) is 6.42 Å². The fourth-order valence-electron chi connectivity index (χ4n) is 5.39. The van der Waals surface area contributed by atoms with E-state index in [4.69, 9.17) is 0 Å². The molecule has 1 N–H and O–H groups in total. The first-order chi connectivity index (χ1) is 16.6. The van der Waals surface area contributed by atoms with Crippen molar-refractivity contribution in [3.63, 3.8) is 0 Å². The third kappa shape index (κ3) is 5.39. The van der Waals surface area contributed by atoms with Gasteiger partial charge >= 0.3 is 5.97 Å². The van der Waals surface area contributed by atoms with Gasteiger partial charge in [-0.15, -0.1) is 0 Å². The molecule has 176 valence electrons. The fraction of sp³-hybridized carbons (Fsp3) is 0.333. The van der Waals surface area contributed by atoms with E-state index in [1.54, 1.807) is 12.1 Å². The van der Waals surface area contributed by atoms with Crippen molar-refractivity contribution in [2.24, 2.45) is 0 Å². The SMILES string of the molecule is CC(CC(c1ccccc1)c1ccccc1C(=O)O)N(C(=O)c1ccccc1)C1CCCCC1. The zero-order valence-corrected chi connectivity index (χ0v) is 19.8. The summed E-state index contributed by atoms with van der Waals surface area (Å²) in [6, 6.07) is 27.0. The summed E-state index contributed by atoms with van der Waals surface area (Å²) in [7, 11) is 0. The molecule has 4 nitrogen and oxygen atoms in total. The molecule has 3 aromatic carbocycles. The van der Waals surface area contributed by atoms with Crippen LogP contribution in [-0.2, 0) is 0 Å². The Hall–Kier alpha value is -3.40. The summed E-state index contributed by atoms with van der Waals surface area (Å²) in [5.74, 6) is -0.981. The quantitative estimate of drug-likeness (QED) is 0.408. The third-order valence-corrected chi connectivity index (χ3v) is 7.04. The van der Waals surface area contributed by atoms with Crippen LogP contribution in [-0.4, -0.2) is 34.0 Å². The summed E-state index contributed by atoms with van der Waals surface area (Å²) in [6.45, 7) is 2.12. The number of carboxylic acids is 1. The van der Waals surface area contributed by atoms with Gasteiger partial charge in [-0.2, -0.15) is 0 Å². The number of aromatic carboxylic acids is 1. The Morgan fingerprint density at radius 2 is 1.44 bits per heavy atom. The standard InChI is InChI=1S/C30H33NO3/c1-22(31(25-17-9-4-10-18-25)29(32)24-15-7-3-8-16-24)21-28(23-13-5-2-6-14-23)26-19-11-12-20-27(26)30(33)34/h2-3,5-8,11-16,19-20,22,25,28H,4,9-10,17-18,21H2,1H3,(H,33,34). The monoisotopic (exact) mass is 455 g/mol. The van der Waals surface area contributed by atoms with Crippen LogP contribution in [0.5, 0.6) is 0 Å². The summed E-state index contributed by atoms with van der Waals surface area (Å²) < 4.78 is 0. The van der Waals surface area contributed by atoms with Gasteiger partial charge in [-0.1, -0.05) is 86.0 Å². The summed E-state index contributed by atoms with van der Waals surface area (Å²) >= 11 is 0. The molecule has 0 spiro atoms. The first-order valence-corrected chi connectivity index (χ1v) is 12.3. The van der Waals surface area contributed by atoms with Gasteiger partial charge in [0.25, 0.3) is 5.91 Å². The topological polar surface area (TPSA) is 57.6 Å². The molecule has 1 aliphatic rings. The minimum absolute atomic E-state index is 0.0529. The van der Waals surface area contributed by atoms with Crippen LogP contribution in [0.2, 0.25) is 0 Å². The number of amides is 1. The molecule has 1 amide bonds. The number of rotatable bonds is 8. The van der Waals surface area contributed by atoms with Gasteiger partial charge in [-0.05, 0) is 55.5 Å². The molecular weight excluding hydrogens is 422 g/mol. The van der Waals surface area contributed by atoms with Crippen LogP contribution in [0.3, 0.4) is 0 Å². The van der Waals surface area contributed by atoms with Gasteiger partial charge in [0.15, 0.2) is 0 Å². The molecule has 3 aromatic rings. The van der Waals surface area contributed by atoms with Gasteiger partial charge in [-0.25, -0.2) is 4.79 Å². The molecule has 0 heterocycles. The molecule has 1 aliphatic carbocycles. The number of benzene rings is 3. The number of carbonyl (C=O) groups excluding carboxylic acids is 1. The van der Waals surface area contributed by atoms with Gasteiger partial charge in [0.05, 0.1) is 5.56 Å². The molecule has 2 atom stereocenters. The molecule has 0 saturated heterocycles. The Kier molecular flexibility index (Phi) is 7.79. The van der Waals surface area contributed by atoms with Gasteiger partial charge in [0.2, 0.25) is 0 Å². The van der Waals surface area contributed by atoms with Crippen molar-refractivity contribution in [3.8, 4) is 0 Å². The van der Waals surface area contributed by atoms with Crippen molar-refractivity contribution in [1.82, 2.24) is 4.90 Å². The van der Waals surface area contributed by atoms with E-state index < -0.39 is 5.97 Å². The van der Waals surface area contributed by atoms with E-state index in [9.17, 15) is 14.7 Å². The van der Waals surface area contributed by atoms with Crippen LogP contribution >= 0.6 is 0 Å². The molecule has 4 heteroatoms. The van der Waals surface area contributed by atoms with Crippen LogP contribution in [0.1, 0.15) is 83.2 Å². The molecule has 1 saturated carbocycles. The summed E-state index contributed by atoms with van der Waals surface area (Å²) in [5.41, 5.74) is 2.90. The average molecular weight is 456 g/mol. The predicted molar refractivity (Wildman–Crippen MR) is 135 cm³/mol. The van der Waals surface area contributed by atoms with Crippen molar-refractivity contribution in [2.45, 2.75) is 63.5 Å². The van der Waals surface area contributed by atoms with Crippen molar-refractivity contribution in [3.05, 3.63) is 107 Å². The number of nitrogens with zero attached hydrogens (tertiary/aromatic N) is 1. The van der Waals surface area contributed by atoms with E-state index >= 15 is 0 Å². The molecule has 0 bridgehead atoms. The molecule has 0 aliphatic heterocycles. The van der Waals surface area contributed by atoms with Crippen molar-refractivity contribution < 1.29 is 14.7 Å². The van der Waals surface area contributed by atoms with Crippen molar-refractivity contribution >= 4 is 11.9 Å². The largest absolute Gasteiger partial charge is 0.478 e. The second-order valence-corrected chi connectivity index (χ2v) is 9.31. The first kappa shape index (κ1) is 23.7. The van der Waals surface area contributed by atoms with Crippen LogP contribution in [0, 0.1) is 0 Å². The van der Waals surface area contributed by atoms with Gasteiger partial charge in [0, 0.05) is 23.6 Å². The van der Waals surface area contributed by atoms with E-state index in [1.807, 2.05) is 60.7 Å². The van der Waals surface area contributed by atoms with Crippen LogP contribution in [0.25, 0.3) is 0 Å². The highest BCUT2D eigenvalue weighted by molar-refractivity contribution is 5.94. The molecule has 0 aromatic heterocycles. The lowest BCUT2D eigenvalue weighted by molar-refractivity contribution is 0.0514. The second-order valence-electron chi connectivity index (χ2n) is 9.31. The molecule has 2 unspecified atom stereocenters. The highest BCUT2D eigenvalue weighted by Gasteiger charge is 2.33. The Morgan fingerprint density at radius 1 is 0.853 bits per heavy atom. The van der Waals surface area contributed by atoms with E-state index in [0.717, 1.165) is 36.8 Å². The number of carbonyl (C=O) groups is 2. The van der Waals surface area contributed by atoms with E-state index in [0.29, 0.717) is 17.5 Å². The molecule has 0 radical (unpaired) electrons. The first-order valence-electron chi connectivity index (χ1n) is 12.3. The van der Waals surface area contributed by atoms with E-state index in [-0.39, 0.29) is 23.9 Å². The Balaban J connectivity index is 1.71. The third-order valence-electron chi connectivity index (χ3n) is 7.04. The van der Waals surface area contributed by atoms with Crippen LogP contribution in [0.4, 0.5) is 0 Å². The molecule has 34 heavy (non-hydrogen) atoms. The Morgan fingerprint density at radius 3 is 2.09 bits per heavy atom. The maximum Gasteiger partial charge on any atom is 0.335 e. The van der Waals surface area contributed by atoms with Crippen molar-refractivity contribution in [1.29, 1.82) is 0 Å². The molecular formula is C30H33NO3. The van der Waals surface area contributed by atoms with Crippen LogP contribution in [0.15, 0.2) is 84.9 Å². The van der Waals surface area contributed by atoms with Crippen molar-refractivity contribution in [2.75, 3.05) is 0 Å². The zero-order chi connectivity index (χ0) is 23.9. The minimum atomic E-state index is -0.923. The van der Waals surface area contributed by atoms with Gasteiger partial charge in [0.1, 0.15) is 0 Å². The highest BCUT2D eigenvalue weighted by atomic mass is 16.4. The Bertz CT molecular complexity index is 1090. The van der Waals surface area contributed by atoms with Gasteiger partial charge in [-0.3, -0.25) is 4.79 Å². The van der Waals surface area contributed by atoms with E-state index in [2.05, 4.69) is 24.0 Å². The maximum absolute atomic E-state index is 13.7. The lowest BCUT2D eigenvalue weighted by Gasteiger charge is -2.40. The second kappa shape index (κ2) is 11.1. The van der Waals surface area contributed by atoms with Crippen LogP contribution < -0.4 is 0 Å². The number of carboxylic acid groups (broad SMARTS) is 1. The molecule has 4 rings (SSSR count). The van der Waals surface area contributed by atoms with Gasteiger partial charge < -0.3 is 10.0 Å². The average Bonchev–Trinajstić information content (AvgIpc) is 2.89. The lowest BCUT2D eigenvalue weighted by atomic mass is 9.82. The summed E-state index contributed by atoms with van der Waals surface area (Å²) in [4.78, 5) is 27.9. The highest BCUT2D eigenvalue weighted by Crippen LogP contribution is 2.35. The number of hydrogen-bond donors (Lipinski definition) is 1. The number of hydrogen-bond acceptors (Lipinski definition) is 2. The smallest absolute Gasteiger partial charge is 0.335 e.